The largest absolute Gasteiger partial charge is 0.271 e. The molecule has 3 aromatic carbocycles. The molecule has 1 aliphatic carbocycles. The molecule has 10 heteroatoms. The second kappa shape index (κ2) is 11.0. The van der Waals surface area contributed by atoms with E-state index in [2.05, 4.69) is 44.5 Å². The number of aryl methyl sites for hydroxylation is 1. The van der Waals surface area contributed by atoms with Crippen molar-refractivity contribution in [3.05, 3.63) is 106 Å². The molecule has 0 aromatic heterocycles. The minimum atomic E-state index is -0.994. The molecule has 1 saturated heterocycles. The Morgan fingerprint density at radius 3 is 2.47 bits per heavy atom. The highest BCUT2D eigenvalue weighted by Gasteiger charge is 2.56. The summed E-state index contributed by atoms with van der Waals surface area (Å²) in [5, 5.41) is 16.1. The SMILES string of the molecule is Cc1ccc(N2C(=O)[C@@H]3[C@@H](N=NN3CC(=O)N3N=C4/C(=C/c5ccccc5)CCC[C@@H]4[C@@H]3c3ccccc3)C2=O)c(Br)c1. The highest BCUT2D eigenvalue weighted by Crippen LogP contribution is 2.45. The zero-order chi connectivity index (χ0) is 29.7. The molecule has 216 valence electrons. The van der Waals surface area contributed by atoms with Crippen LogP contribution in [0.25, 0.3) is 6.08 Å². The molecule has 9 nitrogen and oxygen atoms in total. The van der Waals surface area contributed by atoms with E-state index in [1.165, 1.54) is 5.01 Å². The van der Waals surface area contributed by atoms with Crippen molar-refractivity contribution < 1.29 is 14.4 Å². The van der Waals surface area contributed by atoms with Crippen LogP contribution in [-0.2, 0) is 14.4 Å². The lowest BCUT2D eigenvalue weighted by molar-refractivity contribution is -0.136. The number of carbonyl (C=O) groups is 3. The Bertz CT molecular complexity index is 1710. The van der Waals surface area contributed by atoms with Crippen LogP contribution in [0.5, 0.6) is 0 Å². The first-order valence-corrected chi connectivity index (χ1v) is 15.2. The van der Waals surface area contributed by atoms with Crippen molar-refractivity contribution in [2.24, 2.45) is 21.4 Å². The van der Waals surface area contributed by atoms with Crippen LogP contribution in [0, 0.1) is 12.8 Å². The van der Waals surface area contributed by atoms with Gasteiger partial charge in [-0.1, -0.05) is 72.0 Å². The summed E-state index contributed by atoms with van der Waals surface area (Å²) in [6, 6.07) is 23.3. The molecule has 0 N–H and O–H groups in total. The second-order valence-electron chi connectivity index (χ2n) is 11.3. The Hall–Kier alpha value is -4.44. The summed E-state index contributed by atoms with van der Waals surface area (Å²) in [7, 11) is 0. The van der Waals surface area contributed by atoms with Gasteiger partial charge < -0.3 is 0 Å². The molecule has 3 aromatic rings. The maximum absolute atomic E-state index is 14.1. The molecule has 0 spiro atoms. The molecule has 3 amide bonds. The third-order valence-corrected chi connectivity index (χ3v) is 9.17. The Morgan fingerprint density at radius 1 is 0.977 bits per heavy atom. The Labute approximate surface area is 257 Å². The van der Waals surface area contributed by atoms with Gasteiger partial charge in [0.2, 0.25) is 0 Å². The molecule has 0 unspecified atom stereocenters. The number of carbonyl (C=O) groups excluding carboxylic acids is 3. The van der Waals surface area contributed by atoms with Gasteiger partial charge in [-0.3, -0.25) is 19.4 Å². The normalized spacial score (nSPS) is 25.4. The van der Waals surface area contributed by atoms with Crippen molar-refractivity contribution >= 4 is 51.1 Å². The van der Waals surface area contributed by atoms with Gasteiger partial charge in [0, 0.05) is 10.4 Å². The summed E-state index contributed by atoms with van der Waals surface area (Å²) in [4.78, 5) is 42.1. The molecular formula is C33H29BrN6O3. The predicted molar refractivity (Wildman–Crippen MR) is 166 cm³/mol. The standard InChI is InChI=1S/C33H29BrN6O3/c1-20-15-16-26(25(34)17-20)39-32(42)29-31(33(39)43)38(37-35-29)19-27(41)40-30(22-11-6-3-7-12-22)24-14-8-13-23(28(24)36-40)18-21-9-4-2-5-10-21/h2-7,9-12,15-18,24,29-31H,8,13-14,19H2,1H3/b23-18+/t24-,29+,30-,31-/m0/s1. The van der Waals surface area contributed by atoms with Crippen LogP contribution in [-0.4, -0.2) is 52.1 Å². The maximum Gasteiger partial charge on any atom is 0.264 e. The Morgan fingerprint density at radius 2 is 1.72 bits per heavy atom. The summed E-state index contributed by atoms with van der Waals surface area (Å²) in [5.74, 6) is -1.16. The van der Waals surface area contributed by atoms with E-state index < -0.39 is 23.9 Å². The lowest BCUT2D eigenvalue weighted by Crippen LogP contribution is -2.45. The third-order valence-electron chi connectivity index (χ3n) is 8.54. The fraction of sp³-hybridized carbons (Fsp3) is 0.273. The quantitative estimate of drug-likeness (QED) is 0.327. The van der Waals surface area contributed by atoms with E-state index in [0.29, 0.717) is 10.2 Å². The molecule has 43 heavy (non-hydrogen) atoms. The number of halogens is 1. The predicted octanol–water partition coefficient (Wildman–Crippen LogP) is 5.87. The van der Waals surface area contributed by atoms with E-state index in [9.17, 15) is 14.4 Å². The van der Waals surface area contributed by atoms with Crippen molar-refractivity contribution in [1.82, 2.24) is 10.0 Å². The number of amides is 3. The molecule has 1 saturated carbocycles. The van der Waals surface area contributed by atoms with Crippen LogP contribution in [0.1, 0.15) is 42.0 Å². The fourth-order valence-electron chi connectivity index (χ4n) is 6.54. The van der Waals surface area contributed by atoms with Crippen LogP contribution in [0.4, 0.5) is 5.69 Å². The van der Waals surface area contributed by atoms with Gasteiger partial charge in [-0.2, -0.15) is 10.2 Å². The van der Waals surface area contributed by atoms with Gasteiger partial charge >= 0.3 is 0 Å². The van der Waals surface area contributed by atoms with Crippen molar-refractivity contribution in [2.75, 3.05) is 11.4 Å². The van der Waals surface area contributed by atoms with Crippen LogP contribution >= 0.6 is 15.9 Å². The summed E-state index contributed by atoms with van der Waals surface area (Å²) < 4.78 is 0.634. The lowest BCUT2D eigenvalue weighted by Gasteiger charge is -2.30. The minimum absolute atomic E-state index is 0.0482. The second-order valence-corrected chi connectivity index (χ2v) is 12.2. The molecule has 3 heterocycles. The zero-order valence-corrected chi connectivity index (χ0v) is 25.1. The number of anilines is 1. The average Bonchev–Trinajstić information content (AvgIpc) is 3.68. The van der Waals surface area contributed by atoms with Crippen molar-refractivity contribution in [1.29, 1.82) is 0 Å². The minimum Gasteiger partial charge on any atom is -0.271 e. The summed E-state index contributed by atoms with van der Waals surface area (Å²) >= 11 is 3.48. The van der Waals surface area contributed by atoms with Gasteiger partial charge in [-0.05, 0) is 82.6 Å². The highest BCUT2D eigenvalue weighted by molar-refractivity contribution is 9.10. The lowest BCUT2D eigenvalue weighted by atomic mass is 9.77. The molecule has 2 fully saturated rings. The van der Waals surface area contributed by atoms with Crippen LogP contribution in [0.15, 0.2) is 104 Å². The highest BCUT2D eigenvalue weighted by atomic mass is 79.9. The topological polar surface area (TPSA) is 98.0 Å². The van der Waals surface area contributed by atoms with E-state index in [-0.39, 0.29) is 24.4 Å². The number of nitrogens with zero attached hydrogens (tertiary/aromatic N) is 6. The Kier molecular flexibility index (Phi) is 7.01. The van der Waals surface area contributed by atoms with Crippen LogP contribution in [0.3, 0.4) is 0 Å². The van der Waals surface area contributed by atoms with E-state index in [1.807, 2.05) is 67.6 Å². The number of hydrazone groups is 1. The molecule has 0 radical (unpaired) electrons. The van der Waals surface area contributed by atoms with Crippen LogP contribution in [0.2, 0.25) is 0 Å². The van der Waals surface area contributed by atoms with E-state index >= 15 is 0 Å². The molecule has 3 aliphatic heterocycles. The first-order chi connectivity index (χ1) is 20.9. The number of hydrogen-bond acceptors (Lipinski definition) is 7. The molecule has 0 bridgehead atoms. The first kappa shape index (κ1) is 27.4. The van der Waals surface area contributed by atoms with E-state index in [1.54, 1.807) is 11.1 Å². The van der Waals surface area contributed by atoms with Gasteiger partial charge in [0.15, 0.2) is 12.1 Å². The maximum atomic E-state index is 14.1. The van der Waals surface area contributed by atoms with E-state index in [0.717, 1.165) is 52.1 Å². The van der Waals surface area contributed by atoms with Crippen LogP contribution < -0.4 is 4.90 Å². The van der Waals surface area contributed by atoms with E-state index in [4.69, 9.17) is 5.10 Å². The van der Waals surface area contributed by atoms with Crippen molar-refractivity contribution in [3.63, 3.8) is 0 Å². The van der Waals surface area contributed by atoms with Crippen molar-refractivity contribution in [3.8, 4) is 0 Å². The first-order valence-electron chi connectivity index (χ1n) is 14.4. The molecule has 7 rings (SSSR count). The summed E-state index contributed by atoms with van der Waals surface area (Å²) in [6.45, 7) is 1.70. The van der Waals surface area contributed by atoms with Gasteiger partial charge in [-0.15, -0.1) is 0 Å². The average molecular weight is 638 g/mol. The van der Waals surface area contributed by atoms with Gasteiger partial charge in [0.1, 0.15) is 6.54 Å². The zero-order valence-electron chi connectivity index (χ0n) is 23.5. The van der Waals surface area contributed by atoms with Gasteiger partial charge in [0.25, 0.3) is 17.7 Å². The van der Waals surface area contributed by atoms with Gasteiger partial charge in [0.05, 0.1) is 17.4 Å². The summed E-state index contributed by atoms with van der Waals surface area (Å²) in [6.07, 6.45) is 4.97. The number of benzene rings is 3. The smallest absolute Gasteiger partial charge is 0.264 e. The number of rotatable bonds is 5. The van der Waals surface area contributed by atoms with Crippen molar-refractivity contribution in [2.45, 2.75) is 44.3 Å². The molecular weight excluding hydrogens is 608 g/mol. The third kappa shape index (κ3) is 4.79. The Balaban J connectivity index is 1.18. The monoisotopic (exact) mass is 636 g/mol. The molecule has 4 atom stereocenters. The number of allylic oxidation sites excluding steroid dienone is 1. The number of imide groups is 1. The van der Waals surface area contributed by atoms with Gasteiger partial charge in [-0.25, -0.2) is 9.91 Å². The number of fused-ring (bicyclic) bond motifs is 2. The molecule has 4 aliphatic rings. The number of hydrogen-bond donors (Lipinski definition) is 0. The fourth-order valence-corrected chi connectivity index (χ4v) is 7.21. The summed E-state index contributed by atoms with van der Waals surface area (Å²) in [5.41, 5.74) is 5.61.